The molecule has 5 nitrogen and oxygen atoms in total. The van der Waals surface area contributed by atoms with E-state index >= 15 is 0 Å². The van der Waals surface area contributed by atoms with Gasteiger partial charge in [-0.15, -0.1) is 0 Å². The maximum atomic E-state index is 11.9. The van der Waals surface area contributed by atoms with E-state index in [1.165, 1.54) is 18.2 Å². The predicted molar refractivity (Wildman–Crippen MR) is 79.5 cm³/mol. The minimum absolute atomic E-state index is 0.0523. The number of hydrogen-bond acceptors (Lipinski definition) is 2. The largest absolute Gasteiger partial charge is 0.478 e. The molecule has 6 heteroatoms. The first-order valence-electron chi connectivity index (χ1n) is 6.45. The van der Waals surface area contributed by atoms with Gasteiger partial charge in [-0.2, -0.15) is 0 Å². The van der Waals surface area contributed by atoms with Crippen LogP contribution >= 0.6 is 11.6 Å². The minimum Gasteiger partial charge on any atom is -0.478 e. The van der Waals surface area contributed by atoms with Gasteiger partial charge in [0.2, 0.25) is 0 Å². The van der Waals surface area contributed by atoms with Gasteiger partial charge in [-0.05, 0) is 30.5 Å². The number of carboxylic acid groups (broad SMARTS) is 1. The highest BCUT2D eigenvalue weighted by atomic mass is 35.5. The van der Waals surface area contributed by atoms with Crippen molar-refractivity contribution in [2.75, 3.05) is 5.32 Å². The number of nitrogens with one attached hydrogen (secondary N) is 2. The fourth-order valence-electron chi connectivity index (χ4n) is 1.82. The summed E-state index contributed by atoms with van der Waals surface area (Å²) in [5.74, 6) is -0.759. The predicted octanol–water partition coefficient (Wildman–Crippen LogP) is 3.59. The van der Waals surface area contributed by atoms with E-state index in [0.717, 1.165) is 6.42 Å². The van der Waals surface area contributed by atoms with Crippen LogP contribution in [0.5, 0.6) is 0 Å². The molecule has 0 bridgehead atoms. The van der Waals surface area contributed by atoms with Gasteiger partial charge in [0.05, 0.1) is 16.3 Å². The Balaban J connectivity index is 2.80. The smallest absolute Gasteiger partial charge is 0.335 e. The summed E-state index contributed by atoms with van der Waals surface area (Å²) in [6.07, 6.45) is 0.813. The molecule has 0 heterocycles. The van der Waals surface area contributed by atoms with Gasteiger partial charge in [0.1, 0.15) is 0 Å². The third kappa shape index (κ3) is 4.42. The minimum atomic E-state index is -1.07. The van der Waals surface area contributed by atoms with E-state index in [1.807, 2.05) is 20.8 Å². The van der Waals surface area contributed by atoms with E-state index in [9.17, 15) is 9.59 Å². The number of benzene rings is 1. The number of halogens is 1. The van der Waals surface area contributed by atoms with Crippen molar-refractivity contribution < 1.29 is 14.7 Å². The highest BCUT2D eigenvalue weighted by molar-refractivity contribution is 6.33. The zero-order chi connectivity index (χ0) is 15.3. The summed E-state index contributed by atoms with van der Waals surface area (Å²) < 4.78 is 0. The Labute approximate surface area is 123 Å². The lowest BCUT2D eigenvalue weighted by atomic mass is 10.0. The molecule has 2 amide bonds. The molecule has 0 aromatic heterocycles. The van der Waals surface area contributed by atoms with Crippen molar-refractivity contribution in [3.63, 3.8) is 0 Å². The van der Waals surface area contributed by atoms with Crippen molar-refractivity contribution in [3.8, 4) is 0 Å². The molecule has 110 valence electrons. The Bertz CT molecular complexity index is 503. The zero-order valence-electron chi connectivity index (χ0n) is 11.7. The molecule has 0 aliphatic heterocycles. The third-order valence-electron chi connectivity index (χ3n) is 3.02. The van der Waals surface area contributed by atoms with E-state index in [4.69, 9.17) is 16.7 Å². The molecule has 1 unspecified atom stereocenters. The second-order valence-corrected chi connectivity index (χ2v) is 5.26. The molecule has 3 N–H and O–H groups in total. The van der Waals surface area contributed by atoms with Crippen LogP contribution in [0.25, 0.3) is 0 Å². The third-order valence-corrected chi connectivity index (χ3v) is 3.35. The van der Waals surface area contributed by atoms with Gasteiger partial charge >= 0.3 is 12.0 Å². The van der Waals surface area contributed by atoms with Gasteiger partial charge in [-0.3, -0.25) is 0 Å². The first kappa shape index (κ1) is 16.3. The topological polar surface area (TPSA) is 78.4 Å². The number of carbonyl (C=O) groups is 2. The van der Waals surface area contributed by atoms with Crippen molar-refractivity contribution in [2.45, 2.75) is 33.2 Å². The van der Waals surface area contributed by atoms with Crippen LogP contribution in [0.1, 0.15) is 37.6 Å². The molecule has 0 saturated carbocycles. The van der Waals surface area contributed by atoms with Crippen LogP contribution in [-0.2, 0) is 0 Å². The second-order valence-electron chi connectivity index (χ2n) is 4.86. The number of amides is 2. The first-order valence-corrected chi connectivity index (χ1v) is 6.83. The maximum Gasteiger partial charge on any atom is 0.335 e. The van der Waals surface area contributed by atoms with Crippen molar-refractivity contribution in [3.05, 3.63) is 28.8 Å². The summed E-state index contributed by atoms with van der Waals surface area (Å²) >= 11 is 5.94. The number of carbonyl (C=O) groups excluding carboxylic acids is 1. The summed E-state index contributed by atoms with van der Waals surface area (Å²) in [6.45, 7) is 6.03. The Kier molecular flexibility index (Phi) is 5.82. The van der Waals surface area contributed by atoms with E-state index in [2.05, 4.69) is 10.6 Å². The first-order chi connectivity index (χ1) is 9.35. The average Bonchev–Trinajstić information content (AvgIpc) is 2.37. The van der Waals surface area contributed by atoms with Gasteiger partial charge < -0.3 is 15.7 Å². The fourth-order valence-corrected chi connectivity index (χ4v) is 1.99. The molecule has 1 atom stereocenters. The fraction of sp³-hybridized carbons (Fsp3) is 0.429. The van der Waals surface area contributed by atoms with Gasteiger partial charge in [0.25, 0.3) is 0 Å². The van der Waals surface area contributed by atoms with Crippen molar-refractivity contribution in [2.24, 2.45) is 5.92 Å². The van der Waals surface area contributed by atoms with E-state index in [1.54, 1.807) is 0 Å². The SMILES string of the molecule is CCC(NC(=O)Nc1cc(C(=O)O)ccc1Cl)C(C)C. The maximum absolute atomic E-state index is 11.9. The lowest BCUT2D eigenvalue weighted by Crippen LogP contribution is -2.40. The quantitative estimate of drug-likeness (QED) is 0.777. The van der Waals surface area contributed by atoms with Gasteiger partial charge in [0, 0.05) is 6.04 Å². The lowest BCUT2D eigenvalue weighted by Gasteiger charge is -2.21. The van der Waals surface area contributed by atoms with Gasteiger partial charge in [0.15, 0.2) is 0 Å². The number of urea groups is 1. The van der Waals surface area contributed by atoms with Crippen LogP contribution in [0.15, 0.2) is 18.2 Å². The van der Waals surface area contributed by atoms with E-state index in [0.29, 0.717) is 10.9 Å². The molecule has 0 spiro atoms. The molecule has 0 saturated heterocycles. The Morgan fingerprint density at radius 2 is 2.00 bits per heavy atom. The summed E-state index contributed by atoms with van der Waals surface area (Å²) in [5, 5.41) is 14.6. The van der Waals surface area contributed by atoms with Crippen LogP contribution in [0.4, 0.5) is 10.5 Å². The Morgan fingerprint density at radius 3 is 2.50 bits per heavy atom. The summed E-state index contributed by atoms with van der Waals surface area (Å²) in [5.41, 5.74) is 0.350. The zero-order valence-corrected chi connectivity index (χ0v) is 12.5. The number of hydrogen-bond donors (Lipinski definition) is 3. The van der Waals surface area contributed by atoms with Crippen LogP contribution in [0, 0.1) is 5.92 Å². The average molecular weight is 299 g/mol. The van der Waals surface area contributed by atoms with Crippen molar-refractivity contribution in [1.82, 2.24) is 5.32 Å². The van der Waals surface area contributed by atoms with Crippen molar-refractivity contribution in [1.29, 1.82) is 0 Å². The molecular weight excluding hydrogens is 280 g/mol. The summed E-state index contributed by atoms with van der Waals surface area (Å²) in [6, 6.07) is 3.82. The monoisotopic (exact) mass is 298 g/mol. The highest BCUT2D eigenvalue weighted by Gasteiger charge is 2.15. The standard InChI is InChI=1S/C14H19ClN2O3/c1-4-11(8(2)3)16-14(20)17-12-7-9(13(18)19)5-6-10(12)15/h5-8,11H,4H2,1-3H3,(H,18,19)(H2,16,17,20). The molecule has 0 radical (unpaired) electrons. The van der Waals surface area contributed by atoms with Crippen LogP contribution in [0.2, 0.25) is 5.02 Å². The normalized spacial score (nSPS) is 12.1. The summed E-state index contributed by atoms with van der Waals surface area (Å²) in [4.78, 5) is 22.8. The lowest BCUT2D eigenvalue weighted by molar-refractivity contribution is 0.0697. The van der Waals surface area contributed by atoms with Gasteiger partial charge in [-0.1, -0.05) is 32.4 Å². The van der Waals surface area contributed by atoms with Crippen LogP contribution in [-0.4, -0.2) is 23.1 Å². The molecule has 1 aromatic rings. The van der Waals surface area contributed by atoms with Crippen LogP contribution in [0.3, 0.4) is 0 Å². The number of rotatable bonds is 5. The molecule has 20 heavy (non-hydrogen) atoms. The molecular formula is C14H19ClN2O3. The molecule has 0 aliphatic carbocycles. The Hall–Kier alpha value is -1.75. The number of carboxylic acids is 1. The van der Waals surface area contributed by atoms with Gasteiger partial charge in [-0.25, -0.2) is 9.59 Å². The van der Waals surface area contributed by atoms with E-state index < -0.39 is 12.0 Å². The number of aromatic carboxylic acids is 1. The molecule has 1 rings (SSSR count). The molecule has 0 aliphatic rings. The van der Waals surface area contributed by atoms with E-state index in [-0.39, 0.29) is 17.3 Å². The van der Waals surface area contributed by atoms with Crippen LogP contribution < -0.4 is 10.6 Å². The molecule has 1 aromatic carbocycles. The second kappa shape index (κ2) is 7.14. The highest BCUT2D eigenvalue weighted by Crippen LogP contribution is 2.23. The molecule has 0 fully saturated rings. The number of anilines is 1. The van der Waals surface area contributed by atoms with Crippen molar-refractivity contribution >= 4 is 29.3 Å². The summed E-state index contributed by atoms with van der Waals surface area (Å²) in [7, 11) is 0. The Morgan fingerprint density at radius 1 is 1.35 bits per heavy atom.